The normalized spacial score (nSPS) is 12.1. The summed E-state index contributed by atoms with van der Waals surface area (Å²) in [4.78, 5) is 22.6. The highest BCUT2D eigenvalue weighted by Gasteiger charge is 2.21. The number of ether oxygens (including phenoxy) is 1. The fraction of sp³-hybridized carbons (Fsp3) is 0.333. The molecule has 0 N–H and O–H groups in total. The van der Waals surface area contributed by atoms with Gasteiger partial charge in [-0.1, -0.05) is 6.07 Å². The molecule has 3 nitrogen and oxygen atoms in total. The van der Waals surface area contributed by atoms with Crippen LogP contribution in [0.4, 0.5) is 0 Å². The Bertz CT molecular complexity index is 279. The Morgan fingerprint density at radius 1 is 1.77 bits per heavy atom. The first-order valence-corrected chi connectivity index (χ1v) is 4.83. The fourth-order valence-electron chi connectivity index (χ4n) is 0.939. The summed E-state index contributed by atoms with van der Waals surface area (Å²) in [5, 5.41) is 1.82. The van der Waals surface area contributed by atoms with Crippen LogP contribution in [0.2, 0.25) is 0 Å². The monoisotopic (exact) mass is 198 g/mol. The molecule has 4 heteroatoms. The van der Waals surface area contributed by atoms with E-state index < -0.39 is 11.9 Å². The van der Waals surface area contributed by atoms with Crippen LogP contribution in [0.1, 0.15) is 17.7 Å². The van der Waals surface area contributed by atoms with Crippen LogP contribution in [0.5, 0.6) is 0 Å². The standard InChI is InChI=1S/C9H10O3S/c1-2-12-9(11)7(6-10)8-4-3-5-13-8/h3-7H,2H2,1H3. The number of hydrogen-bond acceptors (Lipinski definition) is 4. The van der Waals surface area contributed by atoms with Crippen LogP contribution in [0.15, 0.2) is 17.5 Å². The smallest absolute Gasteiger partial charge is 0.321 e. The predicted octanol–water partition coefficient (Wildman–Crippen LogP) is 1.59. The molecule has 0 radical (unpaired) electrons. The second-order valence-electron chi connectivity index (χ2n) is 2.38. The number of hydrogen-bond donors (Lipinski definition) is 0. The minimum Gasteiger partial charge on any atom is -0.465 e. The van der Waals surface area contributed by atoms with Gasteiger partial charge in [-0.15, -0.1) is 11.3 Å². The van der Waals surface area contributed by atoms with Crippen molar-refractivity contribution in [2.24, 2.45) is 0 Å². The van der Waals surface area contributed by atoms with Gasteiger partial charge in [-0.2, -0.15) is 0 Å². The Hall–Kier alpha value is -1.16. The fourth-order valence-corrected chi connectivity index (χ4v) is 1.71. The maximum atomic E-state index is 11.2. The van der Waals surface area contributed by atoms with Crippen molar-refractivity contribution in [1.82, 2.24) is 0 Å². The molecular formula is C9H10O3S. The second kappa shape index (κ2) is 4.77. The predicted molar refractivity (Wildman–Crippen MR) is 49.8 cm³/mol. The first-order chi connectivity index (χ1) is 6.29. The summed E-state index contributed by atoms with van der Waals surface area (Å²) in [7, 11) is 0. The van der Waals surface area contributed by atoms with Crippen LogP contribution in [0, 0.1) is 0 Å². The van der Waals surface area contributed by atoms with Gasteiger partial charge in [0.1, 0.15) is 12.2 Å². The van der Waals surface area contributed by atoms with Gasteiger partial charge in [0.25, 0.3) is 0 Å². The average molecular weight is 198 g/mol. The minimum atomic E-state index is -0.750. The molecule has 1 aromatic rings. The summed E-state index contributed by atoms with van der Waals surface area (Å²) in [6.45, 7) is 2.02. The minimum absolute atomic E-state index is 0.300. The zero-order chi connectivity index (χ0) is 9.68. The molecule has 0 amide bonds. The number of esters is 1. The SMILES string of the molecule is CCOC(=O)C(C=O)c1cccs1. The lowest BCUT2D eigenvalue weighted by Gasteiger charge is -2.06. The second-order valence-corrected chi connectivity index (χ2v) is 3.36. The van der Waals surface area contributed by atoms with Gasteiger partial charge in [0, 0.05) is 4.88 Å². The van der Waals surface area contributed by atoms with Crippen LogP contribution in [-0.4, -0.2) is 18.9 Å². The average Bonchev–Trinajstić information content (AvgIpc) is 2.59. The molecule has 0 fully saturated rings. The maximum Gasteiger partial charge on any atom is 0.321 e. The molecule has 0 aliphatic heterocycles. The van der Waals surface area contributed by atoms with Crippen molar-refractivity contribution in [1.29, 1.82) is 0 Å². The van der Waals surface area contributed by atoms with Crippen molar-refractivity contribution in [2.75, 3.05) is 6.61 Å². The molecule has 13 heavy (non-hydrogen) atoms. The van der Waals surface area contributed by atoms with Gasteiger partial charge < -0.3 is 9.53 Å². The first-order valence-electron chi connectivity index (χ1n) is 3.95. The van der Waals surface area contributed by atoms with Gasteiger partial charge in [-0.05, 0) is 18.4 Å². The summed E-state index contributed by atoms with van der Waals surface area (Å²) < 4.78 is 4.76. The van der Waals surface area contributed by atoms with Gasteiger partial charge in [0.2, 0.25) is 0 Å². The van der Waals surface area contributed by atoms with E-state index >= 15 is 0 Å². The molecule has 0 spiro atoms. The summed E-state index contributed by atoms with van der Waals surface area (Å²) in [5.74, 6) is -1.22. The van der Waals surface area contributed by atoms with E-state index in [1.54, 1.807) is 19.1 Å². The quantitative estimate of drug-likeness (QED) is 0.419. The molecular weight excluding hydrogens is 188 g/mol. The zero-order valence-corrected chi connectivity index (χ0v) is 8.04. The van der Waals surface area contributed by atoms with Crippen molar-refractivity contribution in [3.05, 3.63) is 22.4 Å². The molecule has 0 aliphatic rings. The molecule has 1 atom stereocenters. The lowest BCUT2D eigenvalue weighted by Crippen LogP contribution is -2.15. The number of aldehydes is 1. The van der Waals surface area contributed by atoms with Gasteiger partial charge in [-0.25, -0.2) is 0 Å². The largest absolute Gasteiger partial charge is 0.465 e. The van der Waals surface area contributed by atoms with Crippen LogP contribution < -0.4 is 0 Å². The number of thiophene rings is 1. The third-order valence-corrected chi connectivity index (χ3v) is 2.48. The molecule has 1 heterocycles. The first kappa shape index (κ1) is 9.92. The summed E-state index contributed by atoms with van der Waals surface area (Å²) in [6, 6.07) is 3.55. The number of rotatable bonds is 4. The lowest BCUT2D eigenvalue weighted by molar-refractivity contribution is -0.145. The van der Waals surface area contributed by atoms with E-state index in [0.29, 0.717) is 12.9 Å². The van der Waals surface area contributed by atoms with Gasteiger partial charge in [0.05, 0.1) is 6.61 Å². The summed E-state index contributed by atoms with van der Waals surface area (Å²) in [5.41, 5.74) is 0. The van der Waals surface area contributed by atoms with E-state index in [4.69, 9.17) is 4.74 Å². The van der Waals surface area contributed by atoms with E-state index in [0.717, 1.165) is 4.88 Å². The molecule has 0 bridgehead atoms. The zero-order valence-electron chi connectivity index (χ0n) is 7.23. The molecule has 70 valence electrons. The van der Waals surface area contributed by atoms with Crippen molar-refractivity contribution < 1.29 is 14.3 Å². The van der Waals surface area contributed by atoms with Gasteiger partial charge >= 0.3 is 5.97 Å². The number of carbonyl (C=O) groups is 2. The van der Waals surface area contributed by atoms with Gasteiger partial charge in [-0.3, -0.25) is 4.79 Å². The molecule has 0 aromatic carbocycles. The van der Waals surface area contributed by atoms with Crippen molar-refractivity contribution in [3.63, 3.8) is 0 Å². The van der Waals surface area contributed by atoms with Crippen LogP contribution in [0.25, 0.3) is 0 Å². The molecule has 0 aliphatic carbocycles. The van der Waals surface area contributed by atoms with Crippen LogP contribution >= 0.6 is 11.3 Å². The Labute approximate surface area is 80.3 Å². The molecule has 1 unspecified atom stereocenters. The van der Waals surface area contributed by atoms with Crippen LogP contribution in [0.3, 0.4) is 0 Å². The van der Waals surface area contributed by atoms with Crippen molar-refractivity contribution in [2.45, 2.75) is 12.8 Å². The lowest BCUT2D eigenvalue weighted by atomic mass is 10.1. The van der Waals surface area contributed by atoms with E-state index in [2.05, 4.69) is 0 Å². The third kappa shape index (κ3) is 2.39. The summed E-state index contributed by atoms with van der Waals surface area (Å²) >= 11 is 1.38. The molecule has 0 saturated carbocycles. The Kier molecular flexibility index (Phi) is 3.64. The highest BCUT2D eigenvalue weighted by molar-refractivity contribution is 7.10. The van der Waals surface area contributed by atoms with E-state index in [9.17, 15) is 9.59 Å². The summed E-state index contributed by atoms with van der Waals surface area (Å²) in [6.07, 6.45) is 0.615. The van der Waals surface area contributed by atoms with Crippen molar-refractivity contribution >= 4 is 23.6 Å². The Morgan fingerprint density at radius 3 is 3.00 bits per heavy atom. The molecule has 1 rings (SSSR count). The van der Waals surface area contributed by atoms with E-state index in [-0.39, 0.29) is 0 Å². The molecule has 1 aromatic heterocycles. The highest BCUT2D eigenvalue weighted by Crippen LogP contribution is 2.20. The maximum absolute atomic E-state index is 11.2. The topological polar surface area (TPSA) is 43.4 Å². The third-order valence-electron chi connectivity index (χ3n) is 1.53. The number of carbonyl (C=O) groups excluding carboxylic acids is 2. The van der Waals surface area contributed by atoms with Crippen molar-refractivity contribution in [3.8, 4) is 0 Å². The Balaban J connectivity index is 2.74. The van der Waals surface area contributed by atoms with Crippen LogP contribution in [-0.2, 0) is 14.3 Å². The highest BCUT2D eigenvalue weighted by atomic mass is 32.1. The van der Waals surface area contributed by atoms with E-state index in [1.165, 1.54) is 11.3 Å². The van der Waals surface area contributed by atoms with Gasteiger partial charge in [0.15, 0.2) is 0 Å². The molecule has 0 saturated heterocycles. The Morgan fingerprint density at radius 2 is 2.54 bits per heavy atom. The van der Waals surface area contributed by atoms with E-state index in [1.807, 2.05) is 5.38 Å².